The number of hydrogen-bond acceptors (Lipinski definition) is 5. The van der Waals surface area contributed by atoms with Gasteiger partial charge in [-0.1, -0.05) is 11.6 Å². The molecule has 1 unspecified atom stereocenters. The molecule has 3 rings (SSSR count). The molecule has 2 heterocycles. The lowest BCUT2D eigenvalue weighted by Crippen LogP contribution is -2.51. The molecule has 6 nitrogen and oxygen atoms in total. The molecule has 2 fully saturated rings. The second-order valence-corrected chi connectivity index (χ2v) is 8.73. The molecule has 31 heavy (non-hydrogen) atoms. The fourth-order valence-corrected chi connectivity index (χ4v) is 4.42. The van der Waals surface area contributed by atoms with Crippen LogP contribution in [0.3, 0.4) is 0 Å². The molecule has 0 aliphatic carbocycles. The van der Waals surface area contributed by atoms with Gasteiger partial charge in [-0.2, -0.15) is 13.2 Å². The molecule has 2 aliphatic rings. The van der Waals surface area contributed by atoms with Crippen LogP contribution in [-0.4, -0.2) is 59.3 Å². The van der Waals surface area contributed by atoms with Gasteiger partial charge in [0.15, 0.2) is 0 Å². The molecule has 0 radical (unpaired) electrons. The van der Waals surface area contributed by atoms with Gasteiger partial charge in [0.25, 0.3) is 0 Å². The Morgan fingerprint density at radius 3 is 2.55 bits per heavy atom. The maximum atomic E-state index is 13.1. The summed E-state index contributed by atoms with van der Waals surface area (Å²) in [6.07, 6.45) is -0.477. The Bertz CT molecular complexity index is 805. The molecule has 1 aromatic rings. The van der Waals surface area contributed by atoms with Gasteiger partial charge in [0.05, 0.1) is 23.2 Å². The number of rotatable bonds is 6. The summed E-state index contributed by atoms with van der Waals surface area (Å²) in [5.41, 5.74) is -1.55. The van der Waals surface area contributed by atoms with Crippen LogP contribution in [-0.2, 0) is 15.8 Å². The molecule has 0 saturated carbocycles. The Hall–Kier alpha value is -1.65. The molecule has 2 atom stereocenters. The number of nitrogens with zero attached hydrogens (tertiary/aromatic N) is 2. The number of amides is 2. The van der Waals surface area contributed by atoms with Gasteiger partial charge in [-0.3, -0.25) is 14.9 Å². The fourth-order valence-electron chi connectivity index (χ4n) is 3.87. The maximum Gasteiger partial charge on any atom is 0.417 e. The van der Waals surface area contributed by atoms with E-state index in [2.05, 4.69) is 23.3 Å². The van der Waals surface area contributed by atoms with Crippen molar-refractivity contribution in [1.82, 2.24) is 15.1 Å². The highest BCUT2D eigenvalue weighted by Gasteiger charge is 2.34. The van der Waals surface area contributed by atoms with Crippen LogP contribution in [0.25, 0.3) is 0 Å². The third-order valence-electron chi connectivity index (χ3n) is 5.50. The van der Waals surface area contributed by atoms with E-state index in [1.807, 2.05) is 0 Å². The van der Waals surface area contributed by atoms with Gasteiger partial charge in [-0.05, 0) is 50.3 Å². The lowest BCUT2D eigenvalue weighted by molar-refractivity contribution is -0.140. The largest absolute Gasteiger partial charge is 0.417 e. The van der Waals surface area contributed by atoms with E-state index in [-0.39, 0.29) is 29.1 Å². The van der Waals surface area contributed by atoms with Crippen molar-refractivity contribution in [3.05, 3.63) is 28.8 Å². The highest BCUT2D eigenvalue weighted by Crippen LogP contribution is 2.36. The standard InChI is InChI=1S/C20H26ClF3N4O2S/c21-15-7-6-13(11-14(15)20(22,23)24)25-19(31)26-16-5-1-2-10-28(18(16)30)12-17(29)27-8-3-4-9-27/h6-7,11,16,19,25-26,31H,1-5,8-10,12H2/t16-,19?/m0/s1. The minimum atomic E-state index is -4.58. The highest BCUT2D eigenvalue weighted by molar-refractivity contribution is 7.81. The lowest BCUT2D eigenvalue weighted by atomic mass is 10.1. The maximum absolute atomic E-state index is 13.1. The Labute approximate surface area is 189 Å². The van der Waals surface area contributed by atoms with Crippen LogP contribution in [0.15, 0.2) is 18.2 Å². The number of alkyl halides is 3. The molecule has 2 saturated heterocycles. The topological polar surface area (TPSA) is 64.7 Å². The predicted molar refractivity (Wildman–Crippen MR) is 116 cm³/mol. The van der Waals surface area contributed by atoms with Gasteiger partial charge in [0.2, 0.25) is 11.8 Å². The summed E-state index contributed by atoms with van der Waals surface area (Å²) in [6.45, 7) is 2.01. The van der Waals surface area contributed by atoms with Crippen LogP contribution in [0.5, 0.6) is 0 Å². The first-order chi connectivity index (χ1) is 14.6. The van der Waals surface area contributed by atoms with Crippen molar-refractivity contribution in [2.24, 2.45) is 0 Å². The van der Waals surface area contributed by atoms with Crippen LogP contribution >= 0.6 is 24.2 Å². The second-order valence-electron chi connectivity index (χ2n) is 7.80. The predicted octanol–water partition coefficient (Wildman–Crippen LogP) is 3.58. The summed E-state index contributed by atoms with van der Waals surface area (Å²) in [5, 5.41) is 5.45. The van der Waals surface area contributed by atoms with Gasteiger partial charge in [0, 0.05) is 25.3 Å². The van der Waals surface area contributed by atoms with E-state index in [9.17, 15) is 22.8 Å². The Balaban J connectivity index is 1.61. The first-order valence-electron chi connectivity index (χ1n) is 10.3. The summed E-state index contributed by atoms with van der Waals surface area (Å²) < 4.78 is 39.2. The Morgan fingerprint density at radius 1 is 1.19 bits per heavy atom. The number of carbonyl (C=O) groups excluding carboxylic acids is 2. The molecule has 2 N–H and O–H groups in total. The van der Waals surface area contributed by atoms with Crippen molar-refractivity contribution < 1.29 is 22.8 Å². The number of benzene rings is 1. The number of thiol groups is 1. The monoisotopic (exact) mass is 478 g/mol. The quantitative estimate of drug-likeness (QED) is 0.432. The summed E-state index contributed by atoms with van der Waals surface area (Å²) in [5.74, 6) is -0.245. The smallest absolute Gasteiger partial charge is 0.361 e. The van der Waals surface area contributed by atoms with E-state index in [1.54, 1.807) is 9.80 Å². The number of anilines is 1. The Kier molecular flexibility index (Phi) is 7.98. The molecule has 172 valence electrons. The van der Waals surface area contributed by atoms with Crippen LogP contribution in [0.4, 0.5) is 18.9 Å². The molecule has 2 aliphatic heterocycles. The van der Waals surface area contributed by atoms with Crippen LogP contribution in [0.2, 0.25) is 5.02 Å². The molecule has 0 spiro atoms. The third kappa shape index (κ3) is 6.43. The zero-order valence-corrected chi connectivity index (χ0v) is 18.6. The zero-order chi connectivity index (χ0) is 22.6. The highest BCUT2D eigenvalue weighted by atomic mass is 35.5. The number of likely N-dealkylation sites (tertiary alicyclic amines) is 2. The molecule has 11 heteroatoms. The average Bonchev–Trinajstić information content (AvgIpc) is 3.19. The van der Waals surface area contributed by atoms with Gasteiger partial charge >= 0.3 is 6.18 Å². The summed E-state index contributed by atoms with van der Waals surface area (Å²) in [7, 11) is 0. The molecular formula is C20H26ClF3N4O2S. The van der Waals surface area contributed by atoms with Crippen molar-refractivity contribution in [1.29, 1.82) is 0 Å². The van der Waals surface area contributed by atoms with Crippen molar-refractivity contribution in [3.8, 4) is 0 Å². The van der Waals surface area contributed by atoms with E-state index >= 15 is 0 Å². The van der Waals surface area contributed by atoms with E-state index in [1.165, 1.54) is 6.07 Å². The van der Waals surface area contributed by atoms with Gasteiger partial charge in [0.1, 0.15) is 5.50 Å². The number of nitrogens with one attached hydrogen (secondary N) is 2. The normalized spacial score (nSPS) is 21.2. The first kappa shape index (κ1) is 24.0. The van der Waals surface area contributed by atoms with Gasteiger partial charge in [-0.25, -0.2) is 0 Å². The van der Waals surface area contributed by atoms with Crippen molar-refractivity contribution >= 4 is 41.7 Å². The van der Waals surface area contributed by atoms with Crippen LogP contribution in [0.1, 0.15) is 37.7 Å². The van der Waals surface area contributed by atoms with E-state index in [4.69, 9.17) is 11.6 Å². The van der Waals surface area contributed by atoms with E-state index < -0.39 is 23.3 Å². The second kappa shape index (κ2) is 10.3. The van der Waals surface area contributed by atoms with Gasteiger partial charge < -0.3 is 15.1 Å². The number of halogens is 4. The SMILES string of the molecule is O=C(CN1CCCC[C@H](NC(S)Nc2ccc(Cl)c(C(F)(F)F)c2)C1=O)N1CCCC1. The molecular weight excluding hydrogens is 453 g/mol. The molecule has 1 aromatic carbocycles. The summed E-state index contributed by atoms with van der Waals surface area (Å²) >= 11 is 10.00. The minimum absolute atomic E-state index is 0.0482. The first-order valence-corrected chi connectivity index (χ1v) is 11.2. The zero-order valence-electron chi connectivity index (χ0n) is 16.9. The number of carbonyl (C=O) groups is 2. The van der Waals surface area contributed by atoms with Crippen molar-refractivity contribution in [2.75, 3.05) is 31.5 Å². The Morgan fingerprint density at radius 2 is 1.87 bits per heavy atom. The molecule has 0 aromatic heterocycles. The van der Waals surface area contributed by atoms with Gasteiger partial charge in [-0.15, -0.1) is 12.6 Å². The summed E-state index contributed by atoms with van der Waals surface area (Å²) in [6, 6.07) is 2.90. The number of hydrogen-bond donors (Lipinski definition) is 3. The van der Waals surface area contributed by atoms with Crippen molar-refractivity contribution in [3.63, 3.8) is 0 Å². The average molecular weight is 479 g/mol. The van der Waals surface area contributed by atoms with Crippen LogP contribution in [0, 0.1) is 0 Å². The van der Waals surface area contributed by atoms with E-state index in [0.29, 0.717) is 13.0 Å². The van der Waals surface area contributed by atoms with Crippen LogP contribution < -0.4 is 10.6 Å². The summed E-state index contributed by atoms with van der Waals surface area (Å²) in [4.78, 5) is 28.8. The van der Waals surface area contributed by atoms with E-state index in [0.717, 1.165) is 50.9 Å². The molecule has 2 amide bonds. The van der Waals surface area contributed by atoms with Crippen molar-refractivity contribution in [2.45, 2.75) is 49.8 Å². The minimum Gasteiger partial charge on any atom is -0.361 e. The molecule has 0 bridgehead atoms. The fraction of sp³-hybridized carbons (Fsp3) is 0.600. The third-order valence-corrected chi connectivity index (χ3v) is 6.11. The lowest BCUT2D eigenvalue weighted by Gasteiger charge is -2.28.